The lowest BCUT2D eigenvalue weighted by Crippen LogP contribution is -2.35. The minimum Gasteiger partial charge on any atom is -0.480 e. The van der Waals surface area contributed by atoms with Crippen LogP contribution in [0.25, 0.3) is 0 Å². The number of benzene rings is 1. The third-order valence-corrected chi connectivity index (χ3v) is 5.87. The summed E-state index contributed by atoms with van der Waals surface area (Å²) < 4.78 is 26.6. The predicted octanol–water partition coefficient (Wildman–Crippen LogP) is 0.995. The summed E-state index contributed by atoms with van der Waals surface area (Å²) in [6.07, 6.45) is 3.43. The number of nitrogens with zero attached hydrogens (tertiary/aromatic N) is 1. The molecule has 0 aliphatic carbocycles. The number of hydrogen-bond acceptors (Lipinski definition) is 4. The molecule has 1 aliphatic rings. The number of carboxylic acid groups (broad SMARTS) is 1. The maximum absolute atomic E-state index is 12.5. The molecule has 0 radical (unpaired) electrons. The second-order valence-electron chi connectivity index (χ2n) is 5.78. The third kappa shape index (κ3) is 5.04. The number of sulfonamides is 1. The lowest BCUT2D eigenvalue weighted by molar-refractivity contribution is -0.137. The normalized spacial score (nSPS) is 15.8. The van der Waals surface area contributed by atoms with Gasteiger partial charge >= 0.3 is 5.97 Å². The lowest BCUT2D eigenvalue weighted by atomic mass is 10.1. The molecular weight excluding hydrogens is 332 g/mol. The van der Waals surface area contributed by atoms with Crippen LogP contribution in [0.3, 0.4) is 0 Å². The maximum atomic E-state index is 12.5. The number of hydrogen-bond donors (Lipinski definition) is 2. The van der Waals surface area contributed by atoms with Gasteiger partial charge in [-0.1, -0.05) is 18.6 Å². The van der Waals surface area contributed by atoms with Gasteiger partial charge < -0.3 is 10.4 Å². The van der Waals surface area contributed by atoms with Crippen molar-refractivity contribution in [2.24, 2.45) is 0 Å². The zero-order chi connectivity index (χ0) is 17.6. The van der Waals surface area contributed by atoms with Crippen LogP contribution >= 0.6 is 0 Å². The second-order valence-corrected chi connectivity index (χ2v) is 7.72. The van der Waals surface area contributed by atoms with E-state index in [1.165, 1.54) is 4.31 Å². The van der Waals surface area contributed by atoms with Gasteiger partial charge in [0.2, 0.25) is 15.9 Å². The van der Waals surface area contributed by atoms with Crippen molar-refractivity contribution in [1.82, 2.24) is 9.62 Å². The second kappa shape index (κ2) is 8.25. The van der Waals surface area contributed by atoms with E-state index in [2.05, 4.69) is 5.32 Å². The van der Waals surface area contributed by atoms with Crippen LogP contribution in [0.15, 0.2) is 29.2 Å². The summed E-state index contributed by atoms with van der Waals surface area (Å²) >= 11 is 0. The van der Waals surface area contributed by atoms with Crippen LogP contribution in [-0.4, -0.2) is 49.3 Å². The van der Waals surface area contributed by atoms with Crippen molar-refractivity contribution < 1.29 is 23.1 Å². The fraction of sp³-hybridized carbons (Fsp3) is 0.500. The van der Waals surface area contributed by atoms with Crippen molar-refractivity contribution in [3.8, 4) is 0 Å². The van der Waals surface area contributed by atoms with Crippen molar-refractivity contribution in [1.29, 1.82) is 0 Å². The molecule has 1 amide bonds. The molecule has 2 rings (SSSR count). The highest BCUT2D eigenvalue weighted by Gasteiger charge is 2.25. The molecule has 24 heavy (non-hydrogen) atoms. The molecule has 1 fully saturated rings. The van der Waals surface area contributed by atoms with Gasteiger partial charge in [0.05, 0.1) is 4.90 Å². The van der Waals surface area contributed by atoms with Gasteiger partial charge in [-0.25, -0.2) is 8.42 Å². The summed E-state index contributed by atoms with van der Waals surface area (Å²) in [4.78, 5) is 22.1. The highest BCUT2D eigenvalue weighted by Crippen LogP contribution is 2.21. The number of carboxylic acids is 1. The van der Waals surface area contributed by atoms with Crippen LogP contribution in [-0.2, 0) is 26.0 Å². The molecule has 0 bridgehead atoms. The van der Waals surface area contributed by atoms with Gasteiger partial charge in [-0.05, 0) is 37.0 Å². The van der Waals surface area contributed by atoms with Gasteiger partial charge in [0.25, 0.3) is 0 Å². The molecule has 0 unspecified atom stereocenters. The molecule has 1 saturated heterocycles. The lowest BCUT2D eigenvalue weighted by Gasteiger charge is -2.25. The standard InChI is InChI=1S/C16H22N2O5S/c19-15(17-12-16(20)21)9-6-13-4-7-14(8-5-13)24(22,23)18-10-2-1-3-11-18/h4-5,7-8H,1-3,6,9-12H2,(H,17,19)(H,20,21). The topological polar surface area (TPSA) is 104 Å². The third-order valence-electron chi connectivity index (χ3n) is 3.95. The molecule has 0 atom stereocenters. The van der Waals surface area contributed by atoms with Gasteiger partial charge in [-0.2, -0.15) is 4.31 Å². The van der Waals surface area contributed by atoms with E-state index in [-0.39, 0.29) is 17.2 Å². The van der Waals surface area contributed by atoms with E-state index in [9.17, 15) is 18.0 Å². The minimum absolute atomic E-state index is 0.158. The monoisotopic (exact) mass is 354 g/mol. The molecule has 0 aromatic heterocycles. The van der Waals surface area contributed by atoms with Crippen molar-refractivity contribution in [3.63, 3.8) is 0 Å². The van der Waals surface area contributed by atoms with Crippen molar-refractivity contribution in [2.45, 2.75) is 37.0 Å². The Bertz CT molecular complexity index is 679. The number of carbonyl (C=O) groups excluding carboxylic acids is 1. The molecule has 1 heterocycles. The smallest absolute Gasteiger partial charge is 0.322 e. The van der Waals surface area contributed by atoms with E-state index in [0.717, 1.165) is 24.8 Å². The summed E-state index contributed by atoms with van der Waals surface area (Å²) in [5.41, 5.74) is 0.832. The average molecular weight is 354 g/mol. The molecule has 1 aromatic rings. The number of aryl methyl sites for hydroxylation is 1. The number of carbonyl (C=O) groups is 2. The zero-order valence-electron chi connectivity index (χ0n) is 13.4. The first kappa shape index (κ1) is 18.4. The SMILES string of the molecule is O=C(O)CNC(=O)CCc1ccc(S(=O)(=O)N2CCCCC2)cc1. The number of amides is 1. The Kier molecular flexibility index (Phi) is 6.33. The number of aliphatic carboxylic acids is 1. The summed E-state index contributed by atoms with van der Waals surface area (Å²) in [7, 11) is -3.44. The van der Waals surface area contributed by atoms with Crippen molar-refractivity contribution in [2.75, 3.05) is 19.6 Å². The molecule has 8 heteroatoms. The number of rotatable bonds is 7. The molecule has 1 aromatic carbocycles. The van der Waals surface area contributed by atoms with Gasteiger partial charge in [0.1, 0.15) is 6.54 Å². The first-order valence-corrected chi connectivity index (χ1v) is 9.41. The van der Waals surface area contributed by atoms with E-state index in [0.29, 0.717) is 19.5 Å². The van der Waals surface area contributed by atoms with Crippen LogP contribution in [0.5, 0.6) is 0 Å². The van der Waals surface area contributed by atoms with E-state index >= 15 is 0 Å². The summed E-state index contributed by atoms with van der Waals surface area (Å²) in [5, 5.41) is 10.8. The Hall–Kier alpha value is -1.93. The van der Waals surface area contributed by atoms with Gasteiger partial charge in [0, 0.05) is 19.5 Å². The number of piperidine rings is 1. The molecule has 2 N–H and O–H groups in total. The van der Waals surface area contributed by atoms with Crippen molar-refractivity contribution >= 4 is 21.9 Å². The molecule has 0 saturated carbocycles. The Morgan fingerprint density at radius 3 is 2.29 bits per heavy atom. The van der Waals surface area contributed by atoms with E-state index in [1.54, 1.807) is 24.3 Å². The Morgan fingerprint density at radius 1 is 1.08 bits per heavy atom. The first-order valence-electron chi connectivity index (χ1n) is 7.97. The molecular formula is C16H22N2O5S. The summed E-state index contributed by atoms with van der Waals surface area (Å²) in [5.74, 6) is -1.43. The Morgan fingerprint density at radius 2 is 1.71 bits per heavy atom. The molecule has 7 nitrogen and oxygen atoms in total. The zero-order valence-corrected chi connectivity index (χ0v) is 14.2. The molecule has 1 aliphatic heterocycles. The van der Waals surface area contributed by atoms with Crippen LogP contribution in [0, 0.1) is 0 Å². The largest absolute Gasteiger partial charge is 0.480 e. The summed E-state index contributed by atoms with van der Waals surface area (Å²) in [6, 6.07) is 6.52. The highest BCUT2D eigenvalue weighted by molar-refractivity contribution is 7.89. The molecule has 132 valence electrons. The van der Waals surface area contributed by atoms with E-state index < -0.39 is 22.5 Å². The van der Waals surface area contributed by atoms with Crippen LogP contribution in [0.2, 0.25) is 0 Å². The Balaban J connectivity index is 1.92. The van der Waals surface area contributed by atoms with Gasteiger partial charge in [-0.15, -0.1) is 0 Å². The Labute approximate surface area is 141 Å². The molecule has 0 spiro atoms. The first-order chi connectivity index (χ1) is 11.4. The fourth-order valence-electron chi connectivity index (χ4n) is 2.60. The van der Waals surface area contributed by atoms with Crippen LogP contribution in [0.1, 0.15) is 31.2 Å². The quantitative estimate of drug-likeness (QED) is 0.760. The predicted molar refractivity (Wildman–Crippen MR) is 88.0 cm³/mol. The van der Waals surface area contributed by atoms with Crippen LogP contribution < -0.4 is 5.32 Å². The van der Waals surface area contributed by atoms with Crippen molar-refractivity contribution in [3.05, 3.63) is 29.8 Å². The minimum atomic E-state index is -3.44. The number of nitrogens with one attached hydrogen (secondary N) is 1. The average Bonchev–Trinajstić information content (AvgIpc) is 2.59. The van der Waals surface area contributed by atoms with E-state index in [1.807, 2.05) is 0 Å². The summed E-state index contributed by atoms with van der Waals surface area (Å²) in [6.45, 7) is 0.730. The van der Waals surface area contributed by atoms with E-state index in [4.69, 9.17) is 5.11 Å². The van der Waals surface area contributed by atoms with Gasteiger partial charge in [-0.3, -0.25) is 9.59 Å². The highest BCUT2D eigenvalue weighted by atomic mass is 32.2. The maximum Gasteiger partial charge on any atom is 0.322 e. The van der Waals surface area contributed by atoms with Gasteiger partial charge in [0.15, 0.2) is 0 Å². The fourth-order valence-corrected chi connectivity index (χ4v) is 4.12. The van der Waals surface area contributed by atoms with Crippen LogP contribution in [0.4, 0.5) is 0 Å².